The van der Waals surface area contributed by atoms with Gasteiger partial charge in [-0.1, -0.05) is 172 Å². The van der Waals surface area contributed by atoms with Crippen molar-refractivity contribution >= 4 is 70.9 Å². The fraction of sp³-hybridized carbons (Fsp3) is 0.720. The molecule has 3 unspecified atom stereocenters. The summed E-state index contributed by atoms with van der Waals surface area (Å²) in [6.45, 7) is 45.7. The quantitative estimate of drug-likeness (QED) is 0.0178. The van der Waals surface area contributed by atoms with E-state index in [1.807, 2.05) is 19.3 Å². The van der Waals surface area contributed by atoms with Gasteiger partial charge >= 0.3 is 23.7 Å². The molecule has 0 radical (unpaired) electrons. The Morgan fingerprint density at radius 3 is 1.10 bits per heavy atom. The van der Waals surface area contributed by atoms with Crippen LogP contribution in [0.2, 0.25) is 0 Å². The molecule has 0 bridgehead atoms. The zero-order chi connectivity index (χ0) is 86.3. The van der Waals surface area contributed by atoms with Crippen LogP contribution in [0.15, 0.2) is 71.4 Å². The van der Waals surface area contributed by atoms with Crippen LogP contribution in [0.4, 0.5) is 0 Å². The lowest BCUT2D eigenvalue weighted by Gasteiger charge is -2.43. The largest absolute Gasteiger partial charge is 0.623 e. The molecule has 0 aromatic rings. The lowest BCUT2D eigenvalue weighted by Crippen LogP contribution is -2.48. The van der Waals surface area contributed by atoms with Crippen molar-refractivity contribution in [3.05, 3.63) is 76.6 Å². The normalized spacial score (nSPS) is 31.3. The number of allylic oxidation sites excluding steroid dienone is 9. The molecule has 112 heavy (non-hydrogen) atoms. The van der Waals surface area contributed by atoms with Gasteiger partial charge < -0.3 is 30.1 Å². The van der Waals surface area contributed by atoms with Gasteiger partial charge in [-0.15, -0.1) is 12.8 Å². The van der Waals surface area contributed by atoms with Crippen molar-refractivity contribution in [3.8, 4) is 12.8 Å². The number of nitrogens with one attached hydrogen (secondary N) is 1. The van der Waals surface area contributed by atoms with Crippen molar-refractivity contribution < 1.29 is 83.7 Å². The number of fused-ring (bicyclic) bond motifs is 3. The molecule has 0 aliphatic heterocycles. The van der Waals surface area contributed by atoms with Crippen LogP contribution in [0.25, 0.3) is 0 Å². The highest BCUT2D eigenvalue weighted by Crippen LogP contribution is 2.49. The Hall–Kier alpha value is -6.88. The topological polar surface area (TPSA) is 305 Å². The third-order valence-electron chi connectivity index (χ3n) is 24.6. The van der Waals surface area contributed by atoms with Crippen LogP contribution in [-0.2, 0) is 62.2 Å². The van der Waals surface area contributed by atoms with Gasteiger partial charge in [0.15, 0.2) is 5.78 Å². The first-order valence-electron chi connectivity index (χ1n) is 42.0. The van der Waals surface area contributed by atoms with Crippen LogP contribution in [0.5, 0.6) is 0 Å². The van der Waals surface area contributed by atoms with Crippen LogP contribution in [0.3, 0.4) is 0 Å². The first-order chi connectivity index (χ1) is 52.2. The minimum atomic E-state index is -1.57. The van der Waals surface area contributed by atoms with E-state index in [0.29, 0.717) is 126 Å². The number of ketones is 8. The fourth-order valence-electron chi connectivity index (χ4n) is 17.6. The molecule has 0 amide bonds. The highest BCUT2D eigenvalue weighted by Gasteiger charge is 2.48. The third kappa shape index (κ3) is 30.4. The molecular weight excluding hydrogens is 1420 g/mol. The van der Waals surface area contributed by atoms with Gasteiger partial charge in [0.25, 0.3) is 0 Å². The van der Waals surface area contributed by atoms with Gasteiger partial charge in [-0.3, -0.25) is 38.4 Å². The molecule has 0 aromatic carbocycles. The van der Waals surface area contributed by atoms with E-state index in [1.54, 1.807) is 62.3 Å². The van der Waals surface area contributed by atoms with Crippen molar-refractivity contribution in [2.75, 3.05) is 0 Å². The number of hydrogen-bond donors (Lipinski definition) is 4. The maximum Gasteiger partial charge on any atom is 0.382 e. The molecule has 19 nitrogen and oxygen atoms in total. The molecule has 21 atom stereocenters. The molecule has 0 spiro atoms. The van der Waals surface area contributed by atoms with Crippen molar-refractivity contribution in [1.29, 1.82) is 0 Å². The van der Waals surface area contributed by atoms with E-state index < -0.39 is 63.3 Å². The maximum absolute atomic E-state index is 12.8. The van der Waals surface area contributed by atoms with Crippen molar-refractivity contribution in [2.45, 2.75) is 304 Å². The monoisotopic (exact) mass is 1560 g/mol. The second-order valence-electron chi connectivity index (χ2n) is 38.3. The Morgan fingerprint density at radius 2 is 0.839 bits per heavy atom. The molecule has 3 fully saturated rings. The first-order valence-corrected chi connectivity index (χ1v) is 41.5. The maximum atomic E-state index is 12.8. The number of esters is 2. The SMILES string of the molecule is C=[N+]([O-])C(C)(C)C(=O)C(=O)O[C@H]1C[C@@H](C)C=C2C=C[C@H](C)C(CC[C@H]3CC(=O)C[C@H](C)C3)[C@H]21.CC(=O)C(C)(C)NO.CC(=O)C(C)C.CC(C)(C)C(=O)C(=O)O.C[C@H]1CC(=O)C[C@H](CCC2[C@@H](C)C=CC3=C[C@H](C)C[C@H](O)[C@@H]32)C1.C[C@H]1CC(=O)C[C@H](CCC2[C@@H](C)C=CC3=C[C@H](C)C[C@H](OC(=O)C(=O)C(C)(C)C)[C@@H]32)C1.[2H]C#C. The number of Topliss-reactive ketones (excluding diaryl/α,β-unsaturated/α-hetero) is 8. The molecule has 0 heterocycles. The van der Waals surface area contributed by atoms with E-state index in [2.05, 4.69) is 130 Å². The highest BCUT2D eigenvalue weighted by atomic mass is 16.6. The lowest BCUT2D eigenvalue weighted by molar-refractivity contribution is -0.513. The summed E-state index contributed by atoms with van der Waals surface area (Å²) in [5.41, 5.74) is 1.80. The second-order valence-corrected chi connectivity index (χ2v) is 38.3. The van der Waals surface area contributed by atoms with Gasteiger partial charge in [-0.05, 0) is 210 Å². The summed E-state index contributed by atoms with van der Waals surface area (Å²) in [5, 5.41) is 38.8. The minimum Gasteiger partial charge on any atom is -0.623 e. The second kappa shape index (κ2) is 44.3. The Bertz CT molecular complexity index is 3550. The Balaban J connectivity index is 0.000000381. The van der Waals surface area contributed by atoms with E-state index in [4.69, 9.17) is 21.2 Å². The summed E-state index contributed by atoms with van der Waals surface area (Å²) in [5.74, 6) is 3.29. The number of carboxylic acid groups (broad SMARTS) is 1. The molecule has 628 valence electrons. The molecule has 9 aliphatic rings. The lowest BCUT2D eigenvalue weighted by atomic mass is 9.64. The molecule has 3 saturated carbocycles. The van der Waals surface area contributed by atoms with Crippen LogP contribution < -0.4 is 5.48 Å². The average Bonchev–Trinajstić information content (AvgIpc) is 0.780. The van der Waals surface area contributed by atoms with Gasteiger partial charge in [-0.2, -0.15) is 5.48 Å². The number of hydrogen-bond acceptors (Lipinski definition) is 17. The molecule has 4 N–H and O–H groups in total. The minimum absolute atomic E-state index is 0.0147. The molecular formula is C93H144N2O17. The highest BCUT2D eigenvalue weighted by molar-refractivity contribution is 6.37. The van der Waals surface area contributed by atoms with Gasteiger partial charge in [0.2, 0.25) is 17.1 Å². The number of nitrogens with zero attached hydrogens (tertiary/aromatic N) is 1. The number of hydroxylamine groups is 2. The fourth-order valence-corrected chi connectivity index (χ4v) is 17.6. The average molecular weight is 1560 g/mol. The summed E-state index contributed by atoms with van der Waals surface area (Å²) < 4.78 is 17.7. The van der Waals surface area contributed by atoms with E-state index in [9.17, 15) is 63.1 Å². The number of carbonyl (C=O) groups excluding carboxylic acids is 10. The molecule has 9 aliphatic carbocycles. The summed E-state index contributed by atoms with van der Waals surface area (Å²) >= 11 is 0. The number of carboxylic acids is 1. The smallest absolute Gasteiger partial charge is 0.382 e. The Morgan fingerprint density at radius 1 is 0.536 bits per heavy atom. The van der Waals surface area contributed by atoms with E-state index in [1.165, 1.54) is 44.7 Å². The zero-order valence-electron chi connectivity index (χ0n) is 73.4. The van der Waals surface area contributed by atoms with Crippen LogP contribution >= 0.6 is 0 Å². The number of terminal acetylenes is 1. The summed E-state index contributed by atoms with van der Waals surface area (Å²) in [4.78, 5) is 128. The van der Waals surface area contributed by atoms with Gasteiger partial charge in [0, 0.05) is 86.9 Å². The predicted molar refractivity (Wildman–Crippen MR) is 441 cm³/mol. The Kier molecular flexibility index (Phi) is 38.5. The van der Waals surface area contributed by atoms with E-state index in [0.717, 1.165) is 89.0 Å². The number of aliphatic hydroxyl groups is 1. The molecule has 9 rings (SSSR count). The first kappa shape index (κ1) is 97.5. The third-order valence-corrected chi connectivity index (χ3v) is 24.6. The van der Waals surface area contributed by atoms with Crippen molar-refractivity contribution in [1.82, 2.24) is 5.48 Å². The Labute approximate surface area is 673 Å². The number of aliphatic hydroxyl groups excluding tert-OH is 1. The number of carbonyl (C=O) groups is 11. The van der Waals surface area contributed by atoms with Gasteiger partial charge in [0.05, 0.1) is 11.6 Å². The van der Waals surface area contributed by atoms with Crippen molar-refractivity contribution in [2.24, 2.45) is 123 Å². The van der Waals surface area contributed by atoms with Crippen LogP contribution in [-0.4, -0.2) is 120 Å². The molecule has 0 aromatic heterocycles. The number of rotatable bonds is 19. The van der Waals surface area contributed by atoms with Crippen LogP contribution in [0, 0.1) is 141 Å². The van der Waals surface area contributed by atoms with Crippen molar-refractivity contribution in [3.63, 3.8) is 0 Å². The molecule has 19 heteroatoms. The number of ether oxygens (including phenoxy) is 2. The predicted octanol–water partition coefficient (Wildman–Crippen LogP) is 17.4. The van der Waals surface area contributed by atoms with E-state index in [-0.39, 0.29) is 58.1 Å². The summed E-state index contributed by atoms with van der Waals surface area (Å²) in [7, 11) is 0. The summed E-state index contributed by atoms with van der Waals surface area (Å²) in [6.07, 6.45) is 41.6. The summed E-state index contributed by atoms with van der Waals surface area (Å²) in [6, 6.07) is 0. The molecule has 0 saturated heterocycles. The van der Waals surface area contributed by atoms with E-state index >= 15 is 0 Å². The van der Waals surface area contributed by atoms with Gasteiger partial charge in [-0.25, -0.2) is 19.1 Å². The zero-order valence-corrected chi connectivity index (χ0v) is 72.4. The standard InChI is InChI=1S/C27H39NO5.C27H40O4.C21H32O2.C6H10O3.C5H11NO2.C5H10O.C2H2/c1-16-11-19(15-21(29)13-16)8-10-22-18(3)7-9-20-12-17(2)14-23(24(20)22)33-26(31)25(30)27(4,5)28(6)32;1-16-11-19(15-21(28)13-16)8-10-22-18(3)7-9-20-12-17(2)14-23(24(20)22)31-26(30)25(29)27(4,5)6;1-13-8-16(12-18(22)10-13)5-7-19-15(3)4-6-17-9-14(2)11-20(23)21(17)19;1-6(2,3)4(7)5(8)9;1-4(7)5(2,3)6-8;1-4(2)5(3)6;1-2/h7,9,12,16-19,22-24H,6,8,10-11,13-15H2,1-5H3;7,9,12,16-19,22-24H,8,10-11,13-15H2,1-6H3;4,6,9,13-16,19-21,23H,5,7-8,10-12H2,1-3H3;1-3H3,(H,8,9);6,8H,1-3H3;4H,1-3H3;1-2H/t2*16-,17+,18+,19-,22?,23+,24+;13-,14+,15+,16-,19?,20+,21+;;;;/m111..../s1/i;;;;;;1D. The van der Waals surface area contributed by atoms with Gasteiger partial charge in [0.1, 0.15) is 43.4 Å². The van der Waals surface area contributed by atoms with Crippen LogP contribution in [0.1, 0.15) is 276 Å². The number of aliphatic carboxylic acids is 1.